The van der Waals surface area contributed by atoms with Gasteiger partial charge in [0.1, 0.15) is 0 Å². The summed E-state index contributed by atoms with van der Waals surface area (Å²) in [4.78, 5) is 26.8. The molecule has 4 nitrogen and oxygen atoms in total. The van der Waals surface area contributed by atoms with E-state index in [0.29, 0.717) is 35.2 Å². The van der Waals surface area contributed by atoms with Gasteiger partial charge in [-0.3, -0.25) is 9.59 Å². The molecule has 0 aromatic heterocycles. The van der Waals surface area contributed by atoms with Gasteiger partial charge in [0.2, 0.25) is 11.8 Å². The molecule has 1 fully saturated rings. The number of benzene rings is 1. The molecule has 1 aromatic rings. The third-order valence-corrected chi connectivity index (χ3v) is 5.60. The number of likely N-dealkylation sites (tertiary alicyclic amines) is 1. The lowest BCUT2D eigenvalue weighted by atomic mass is 9.81. The highest BCUT2D eigenvalue weighted by molar-refractivity contribution is 6.42. The first-order valence-corrected chi connectivity index (χ1v) is 8.24. The molecule has 2 heterocycles. The fourth-order valence-corrected chi connectivity index (χ4v) is 3.63. The second kappa shape index (κ2) is 5.43. The molecule has 1 saturated heterocycles. The van der Waals surface area contributed by atoms with Gasteiger partial charge in [0.05, 0.1) is 15.5 Å². The maximum Gasteiger partial charge on any atom is 0.237 e. The molecule has 0 unspecified atom stereocenters. The highest BCUT2D eigenvalue weighted by atomic mass is 35.5. The Balaban J connectivity index is 1.95. The van der Waals surface area contributed by atoms with Crippen molar-refractivity contribution in [2.45, 2.75) is 32.1 Å². The summed E-state index contributed by atoms with van der Waals surface area (Å²) in [6, 6.07) is 3.44. The summed E-state index contributed by atoms with van der Waals surface area (Å²) < 4.78 is 0. The van der Waals surface area contributed by atoms with Gasteiger partial charge in [0.25, 0.3) is 0 Å². The maximum atomic E-state index is 12.6. The van der Waals surface area contributed by atoms with Crippen LogP contribution in [0, 0.1) is 5.92 Å². The van der Waals surface area contributed by atoms with Crippen LogP contribution in [0.25, 0.3) is 0 Å². The third-order valence-electron chi connectivity index (χ3n) is 4.87. The van der Waals surface area contributed by atoms with Crippen LogP contribution in [-0.2, 0) is 15.0 Å². The van der Waals surface area contributed by atoms with Crippen LogP contribution < -0.4 is 5.32 Å². The average Bonchev–Trinajstić information content (AvgIpc) is 3.04. The van der Waals surface area contributed by atoms with Gasteiger partial charge in [-0.1, -0.05) is 37.0 Å². The topological polar surface area (TPSA) is 49.4 Å². The monoisotopic (exact) mass is 340 g/mol. The van der Waals surface area contributed by atoms with Gasteiger partial charge in [-0.05, 0) is 30.5 Å². The second-order valence-corrected chi connectivity index (χ2v) is 6.98. The van der Waals surface area contributed by atoms with E-state index < -0.39 is 5.41 Å². The number of fused-ring (bicyclic) bond motifs is 2. The fourth-order valence-electron chi connectivity index (χ4n) is 3.30. The first-order valence-electron chi connectivity index (χ1n) is 7.49. The molecule has 1 N–H and O–H groups in total. The van der Waals surface area contributed by atoms with Gasteiger partial charge in [0, 0.05) is 24.7 Å². The Labute approximate surface area is 139 Å². The van der Waals surface area contributed by atoms with Crippen LogP contribution in [0.2, 0.25) is 10.0 Å². The fraction of sp³-hybridized carbons (Fsp3) is 0.500. The Bertz CT molecular complexity index is 662. The van der Waals surface area contributed by atoms with Gasteiger partial charge in [-0.15, -0.1) is 0 Å². The van der Waals surface area contributed by atoms with Crippen molar-refractivity contribution < 1.29 is 9.59 Å². The average molecular weight is 341 g/mol. The lowest BCUT2D eigenvalue weighted by Gasteiger charge is -2.24. The highest BCUT2D eigenvalue weighted by Crippen LogP contribution is 2.46. The second-order valence-electron chi connectivity index (χ2n) is 6.17. The van der Waals surface area contributed by atoms with E-state index in [1.807, 2.05) is 13.8 Å². The molecule has 2 atom stereocenters. The van der Waals surface area contributed by atoms with Crippen molar-refractivity contribution in [1.82, 2.24) is 4.90 Å². The lowest BCUT2D eigenvalue weighted by molar-refractivity contribution is -0.134. The molecular weight excluding hydrogens is 323 g/mol. The number of nitrogens with one attached hydrogen (secondary N) is 1. The minimum atomic E-state index is -0.688. The summed E-state index contributed by atoms with van der Waals surface area (Å²) in [6.07, 6.45) is 1.42. The zero-order chi connectivity index (χ0) is 16.1. The largest absolute Gasteiger partial charge is 0.341 e. The van der Waals surface area contributed by atoms with E-state index >= 15 is 0 Å². The van der Waals surface area contributed by atoms with Crippen LogP contribution in [0.4, 0.5) is 5.69 Å². The summed E-state index contributed by atoms with van der Waals surface area (Å²) in [7, 11) is 0. The molecule has 3 rings (SSSR count). The predicted molar refractivity (Wildman–Crippen MR) is 87.4 cm³/mol. The molecule has 2 amide bonds. The van der Waals surface area contributed by atoms with Crippen molar-refractivity contribution in [3.63, 3.8) is 0 Å². The van der Waals surface area contributed by atoms with E-state index in [9.17, 15) is 9.59 Å². The number of halogens is 2. The van der Waals surface area contributed by atoms with E-state index in [-0.39, 0.29) is 17.7 Å². The molecule has 118 valence electrons. The van der Waals surface area contributed by atoms with Crippen LogP contribution in [0.15, 0.2) is 12.1 Å². The van der Waals surface area contributed by atoms with Crippen LogP contribution in [0.5, 0.6) is 0 Å². The van der Waals surface area contributed by atoms with E-state index in [1.54, 1.807) is 17.0 Å². The zero-order valence-corrected chi connectivity index (χ0v) is 14.1. The molecule has 0 saturated carbocycles. The molecule has 0 aliphatic carbocycles. The number of hydrogen-bond acceptors (Lipinski definition) is 2. The number of rotatable bonds is 2. The van der Waals surface area contributed by atoms with Crippen molar-refractivity contribution in [2.75, 3.05) is 18.4 Å². The summed E-state index contributed by atoms with van der Waals surface area (Å²) in [5, 5.41) is 3.73. The van der Waals surface area contributed by atoms with Crippen molar-refractivity contribution in [2.24, 2.45) is 5.92 Å². The number of amides is 2. The standard InChI is InChI=1S/C16H18Cl2N2O2/c1-3-9(2)14(21)20-5-4-16(8-20)10-6-11(17)12(18)7-13(10)19-15(16)22/h6-7,9H,3-5,8H2,1-2H3,(H,19,22)/t9-,16+/m0/s1. The van der Waals surface area contributed by atoms with Gasteiger partial charge < -0.3 is 10.2 Å². The van der Waals surface area contributed by atoms with Gasteiger partial charge in [-0.2, -0.15) is 0 Å². The number of hydrogen-bond donors (Lipinski definition) is 1. The minimum Gasteiger partial charge on any atom is -0.341 e. The molecule has 0 radical (unpaired) electrons. The van der Waals surface area contributed by atoms with Crippen LogP contribution in [0.3, 0.4) is 0 Å². The minimum absolute atomic E-state index is 0.0205. The summed E-state index contributed by atoms with van der Waals surface area (Å²) in [5.41, 5.74) is 0.871. The molecule has 6 heteroatoms. The zero-order valence-electron chi connectivity index (χ0n) is 12.6. The third kappa shape index (κ3) is 2.20. The van der Waals surface area contributed by atoms with Crippen molar-refractivity contribution >= 4 is 40.7 Å². The van der Waals surface area contributed by atoms with Gasteiger partial charge in [0.15, 0.2) is 0 Å². The molecule has 1 spiro atoms. The van der Waals surface area contributed by atoms with E-state index in [2.05, 4.69) is 5.32 Å². The Morgan fingerprint density at radius 1 is 1.41 bits per heavy atom. The summed E-state index contributed by atoms with van der Waals surface area (Å²) in [6.45, 7) is 4.92. The normalized spacial score (nSPS) is 24.5. The number of anilines is 1. The Morgan fingerprint density at radius 2 is 2.09 bits per heavy atom. The number of carbonyl (C=O) groups excluding carboxylic acids is 2. The van der Waals surface area contributed by atoms with Crippen molar-refractivity contribution in [1.29, 1.82) is 0 Å². The Hall–Kier alpha value is -1.26. The molecule has 22 heavy (non-hydrogen) atoms. The predicted octanol–water partition coefficient (Wildman–Crippen LogP) is 3.46. The van der Waals surface area contributed by atoms with E-state index in [1.165, 1.54) is 0 Å². The van der Waals surface area contributed by atoms with Crippen molar-refractivity contribution in [3.05, 3.63) is 27.7 Å². The summed E-state index contributed by atoms with van der Waals surface area (Å²) >= 11 is 12.1. The van der Waals surface area contributed by atoms with Crippen LogP contribution >= 0.6 is 23.2 Å². The smallest absolute Gasteiger partial charge is 0.237 e. The quantitative estimate of drug-likeness (QED) is 0.896. The van der Waals surface area contributed by atoms with Crippen molar-refractivity contribution in [3.8, 4) is 0 Å². The van der Waals surface area contributed by atoms with Gasteiger partial charge in [-0.25, -0.2) is 0 Å². The SMILES string of the molecule is CC[C@H](C)C(=O)N1CC[C@]2(C1)C(=O)Nc1cc(Cl)c(Cl)cc12. The summed E-state index contributed by atoms with van der Waals surface area (Å²) in [5.74, 6) is 0.0221. The Kier molecular flexibility index (Phi) is 3.86. The van der Waals surface area contributed by atoms with E-state index in [0.717, 1.165) is 12.0 Å². The molecule has 1 aromatic carbocycles. The first kappa shape index (κ1) is 15.6. The molecular formula is C16H18Cl2N2O2. The van der Waals surface area contributed by atoms with E-state index in [4.69, 9.17) is 23.2 Å². The van der Waals surface area contributed by atoms with Crippen LogP contribution in [0.1, 0.15) is 32.3 Å². The molecule has 2 aliphatic heterocycles. The highest BCUT2D eigenvalue weighted by Gasteiger charge is 2.52. The Morgan fingerprint density at radius 3 is 2.77 bits per heavy atom. The lowest BCUT2D eigenvalue weighted by Crippen LogP contribution is -2.40. The molecule has 2 aliphatic rings. The number of nitrogens with zero attached hydrogens (tertiary/aromatic N) is 1. The molecule has 0 bridgehead atoms. The maximum absolute atomic E-state index is 12.6. The van der Waals surface area contributed by atoms with Crippen LogP contribution in [-0.4, -0.2) is 29.8 Å². The first-order chi connectivity index (χ1) is 10.4. The van der Waals surface area contributed by atoms with Gasteiger partial charge >= 0.3 is 0 Å². The number of carbonyl (C=O) groups is 2.